The van der Waals surface area contributed by atoms with E-state index in [1.165, 1.54) is 4.90 Å². The minimum Gasteiger partial charge on any atom is -0.480 e. The zero-order valence-corrected chi connectivity index (χ0v) is 11.3. The van der Waals surface area contributed by atoms with E-state index in [1.807, 2.05) is 20.8 Å². The minimum atomic E-state index is -0.907. The van der Waals surface area contributed by atoms with Gasteiger partial charge in [0.2, 0.25) is 0 Å². The Morgan fingerprint density at radius 3 is 2.33 bits per heavy atom. The van der Waals surface area contributed by atoms with Crippen LogP contribution in [0.15, 0.2) is 0 Å². The van der Waals surface area contributed by atoms with Gasteiger partial charge in [-0.1, -0.05) is 13.8 Å². The molecule has 1 unspecified atom stereocenters. The van der Waals surface area contributed by atoms with E-state index in [1.54, 1.807) is 0 Å². The number of nitrogens with zero attached hydrogens (tertiary/aromatic N) is 1. The molecule has 0 bridgehead atoms. The van der Waals surface area contributed by atoms with Crippen LogP contribution in [0.4, 0.5) is 4.79 Å². The number of aliphatic carboxylic acids is 1. The molecule has 2 aliphatic rings. The highest BCUT2D eigenvalue weighted by atomic mass is 16.4. The van der Waals surface area contributed by atoms with Crippen LogP contribution in [0.1, 0.15) is 46.5 Å². The Bertz CT molecular complexity index is 374. The highest BCUT2D eigenvalue weighted by Crippen LogP contribution is 2.37. The summed E-state index contributed by atoms with van der Waals surface area (Å²) in [5.41, 5.74) is -0.479. The molecule has 5 heteroatoms. The summed E-state index contributed by atoms with van der Waals surface area (Å²) in [6.45, 7) is 6.37. The van der Waals surface area contributed by atoms with Crippen molar-refractivity contribution in [2.45, 2.75) is 58.0 Å². The third-order valence-corrected chi connectivity index (χ3v) is 4.18. The van der Waals surface area contributed by atoms with E-state index < -0.39 is 12.0 Å². The number of amides is 2. The molecular formula is C13H22N2O3. The molecule has 0 radical (unpaired) electrons. The van der Waals surface area contributed by atoms with E-state index in [4.69, 9.17) is 0 Å². The van der Waals surface area contributed by atoms with Gasteiger partial charge >= 0.3 is 12.0 Å². The molecule has 1 atom stereocenters. The SMILES string of the molecule is CC1(NC(=O)N2CCCC(C)(C)C2C(=O)O)CC1. The smallest absolute Gasteiger partial charge is 0.327 e. The number of hydrogen-bond donors (Lipinski definition) is 2. The maximum Gasteiger partial charge on any atom is 0.327 e. The second kappa shape index (κ2) is 4.14. The van der Waals surface area contributed by atoms with Crippen molar-refractivity contribution in [2.24, 2.45) is 5.41 Å². The van der Waals surface area contributed by atoms with Gasteiger partial charge in [0.15, 0.2) is 0 Å². The number of piperidine rings is 1. The summed E-state index contributed by atoms with van der Waals surface area (Å²) < 4.78 is 0. The van der Waals surface area contributed by atoms with Crippen LogP contribution in [0.3, 0.4) is 0 Å². The number of rotatable bonds is 2. The van der Waals surface area contributed by atoms with Crippen LogP contribution in [0.25, 0.3) is 0 Å². The quantitative estimate of drug-likeness (QED) is 0.789. The van der Waals surface area contributed by atoms with Crippen LogP contribution in [0, 0.1) is 5.41 Å². The van der Waals surface area contributed by atoms with Gasteiger partial charge in [0.05, 0.1) is 0 Å². The van der Waals surface area contributed by atoms with Crippen molar-refractivity contribution in [3.63, 3.8) is 0 Å². The van der Waals surface area contributed by atoms with Gasteiger partial charge in [-0.2, -0.15) is 0 Å². The van der Waals surface area contributed by atoms with Crippen molar-refractivity contribution in [2.75, 3.05) is 6.54 Å². The summed E-state index contributed by atoms with van der Waals surface area (Å²) in [7, 11) is 0. The number of carbonyl (C=O) groups excluding carboxylic acids is 1. The first-order chi connectivity index (χ1) is 8.25. The van der Waals surface area contributed by atoms with Crippen LogP contribution in [0.5, 0.6) is 0 Å². The van der Waals surface area contributed by atoms with Crippen molar-refractivity contribution in [1.82, 2.24) is 10.2 Å². The fourth-order valence-electron chi connectivity index (χ4n) is 2.72. The van der Waals surface area contributed by atoms with E-state index in [-0.39, 0.29) is 17.0 Å². The standard InChI is InChI=1S/C13H22N2O3/c1-12(2)5-4-8-15(9(12)10(16)17)11(18)14-13(3)6-7-13/h9H,4-8H2,1-3H3,(H,14,18)(H,16,17). The summed E-state index contributed by atoms with van der Waals surface area (Å²) in [5.74, 6) is -0.907. The molecular weight excluding hydrogens is 232 g/mol. The molecule has 5 nitrogen and oxygen atoms in total. The van der Waals surface area contributed by atoms with Crippen LogP contribution in [0.2, 0.25) is 0 Å². The number of carboxylic acids is 1. The summed E-state index contributed by atoms with van der Waals surface area (Å²) in [6.07, 6.45) is 3.66. The fraction of sp³-hybridized carbons (Fsp3) is 0.846. The van der Waals surface area contributed by atoms with E-state index in [0.29, 0.717) is 6.54 Å². The Labute approximate surface area is 108 Å². The maximum atomic E-state index is 12.2. The zero-order valence-electron chi connectivity index (χ0n) is 11.3. The first-order valence-corrected chi connectivity index (χ1v) is 6.57. The van der Waals surface area contributed by atoms with Crippen molar-refractivity contribution < 1.29 is 14.7 Å². The van der Waals surface area contributed by atoms with Crippen LogP contribution in [-0.2, 0) is 4.79 Å². The molecule has 1 heterocycles. The lowest BCUT2D eigenvalue weighted by Crippen LogP contribution is -2.59. The Morgan fingerprint density at radius 2 is 1.83 bits per heavy atom. The van der Waals surface area contributed by atoms with Gasteiger partial charge in [-0.15, -0.1) is 0 Å². The predicted octanol–water partition coefficient (Wildman–Crippen LogP) is 1.82. The summed E-state index contributed by atoms with van der Waals surface area (Å²) in [4.78, 5) is 25.1. The highest BCUT2D eigenvalue weighted by Gasteiger charge is 2.47. The van der Waals surface area contributed by atoms with Crippen molar-refractivity contribution in [3.05, 3.63) is 0 Å². The number of carboxylic acid groups (broad SMARTS) is 1. The topological polar surface area (TPSA) is 69.6 Å². The van der Waals surface area contributed by atoms with Crippen molar-refractivity contribution >= 4 is 12.0 Å². The molecule has 1 saturated carbocycles. The average Bonchev–Trinajstić information content (AvgIpc) is 2.93. The fourth-order valence-corrected chi connectivity index (χ4v) is 2.72. The molecule has 1 saturated heterocycles. The molecule has 0 aromatic rings. The number of hydrogen-bond acceptors (Lipinski definition) is 2. The number of carbonyl (C=O) groups is 2. The third kappa shape index (κ3) is 2.44. The molecule has 0 spiro atoms. The molecule has 2 N–H and O–H groups in total. The van der Waals surface area contributed by atoms with E-state index >= 15 is 0 Å². The number of urea groups is 1. The van der Waals surface area contributed by atoms with Gasteiger partial charge in [0, 0.05) is 12.1 Å². The second-order valence-corrected chi connectivity index (χ2v) is 6.52. The van der Waals surface area contributed by atoms with E-state index in [0.717, 1.165) is 25.7 Å². The Balaban J connectivity index is 2.13. The minimum absolute atomic E-state index is 0.109. The highest BCUT2D eigenvalue weighted by molar-refractivity contribution is 5.84. The Kier molecular flexibility index (Phi) is 3.03. The first kappa shape index (κ1) is 13.2. The number of nitrogens with one attached hydrogen (secondary N) is 1. The summed E-state index contributed by atoms with van der Waals surface area (Å²) in [6, 6.07) is -0.955. The van der Waals surface area contributed by atoms with Crippen LogP contribution < -0.4 is 5.32 Å². The molecule has 1 aliphatic heterocycles. The summed E-state index contributed by atoms with van der Waals surface area (Å²) >= 11 is 0. The van der Waals surface area contributed by atoms with Crippen molar-refractivity contribution in [1.29, 1.82) is 0 Å². The van der Waals surface area contributed by atoms with Crippen LogP contribution in [-0.4, -0.2) is 40.1 Å². The molecule has 2 rings (SSSR count). The monoisotopic (exact) mass is 254 g/mol. The molecule has 2 fully saturated rings. The molecule has 1 aliphatic carbocycles. The Hall–Kier alpha value is -1.26. The van der Waals surface area contributed by atoms with Gasteiger partial charge < -0.3 is 15.3 Å². The van der Waals surface area contributed by atoms with Gasteiger partial charge in [0.1, 0.15) is 6.04 Å². The van der Waals surface area contributed by atoms with Gasteiger partial charge in [-0.05, 0) is 38.0 Å². The third-order valence-electron chi connectivity index (χ3n) is 4.18. The molecule has 0 aromatic heterocycles. The van der Waals surface area contributed by atoms with Gasteiger partial charge in [-0.25, -0.2) is 9.59 Å². The molecule has 2 amide bonds. The lowest BCUT2D eigenvalue weighted by atomic mass is 9.76. The van der Waals surface area contributed by atoms with E-state index in [2.05, 4.69) is 5.32 Å². The first-order valence-electron chi connectivity index (χ1n) is 6.57. The Morgan fingerprint density at radius 1 is 1.22 bits per heavy atom. The molecule has 18 heavy (non-hydrogen) atoms. The lowest BCUT2D eigenvalue weighted by molar-refractivity contribution is -0.148. The second-order valence-electron chi connectivity index (χ2n) is 6.52. The summed E-state index contributed by atoms with van der Waals surface area (Å²) in [5, 5.41) is 12.3. The van der Waals surface area contributed by atoms with Crippen molar-refractivity contribution in [3.8, 4) is 0 Å². The average molecular weight is 254 g/mol. The lowest BCUT2D eigenvalue weighted by Gasteiger charge is -2.44. The van der Waals surface area contributed by atoms with Crippen LogP contribution >= 0.6 is 0 Å². The van der Waals surface area contributed by atoms with Gasteiger partial charge in [-0.3, -0.25) is 0 Å². The maximum absolute atomic E-state index is 12.2. The normalized spacial score (nSPS) is 28.6. The largest absolute Gasteiger partial charge is 0.480 e. The number of likely N-dealkylation sites (tertiary alicyclic amines) is 1. The zero-order chi connectivity index (χ0) is 13.6. The molecule has 102 valence electrons. The van der Waals surface area contributed by atoms with Gasteiger partial charge in [0.25, 0.3) is 0 Å². The predicted molar refractivity (Wildman–Crippen MR) is 67.3 cm³/mol. The molecule has 0 aromatic carbocycles. The van der Waals surface area contributed by atoms with E-state index in [9.17, 15) is 14.7 Å².